The Kier molecular flexibility index (Phi) is 5.99. The first-order chi connectivity index (χ1) is 21.2. The second-order valence-electron chi connectivity index (χ2n) is 11.5. The van der Waals surface area contributed by atoms with Gasteiger partial charge in [0.1, 0.15) is 0 Å². The van der Waals surface area contributed by atoms with Gasteiger partial charge in [-0.25, -0.2) is 0 Å². The Hall–Kier alpha value is -5.37. The minimum atomic E-state index is -0.0763. The van der Waals surface area contributed by atoms with Gasteiger partial charge in [0.05, 0.1) is 22.7 Å². The highest BCUT2D eigenvalue weighted by atomic mass is 15.4. The van der Waals surface area contributed by atoms with Gasteiger partial charge in [0.15, 0.2) is 6.29 Å². The Bertz CT molecular complexity index is 2170. The van der Waals surface area contributed by atoms with Crippen molar-refractivity contribution in [3.8, 4) is 17.2 Å². The fourth-order valence-corrected chi connectivity index (χ4v) is 6.81. The SMILES string of the molecule is CN1CC(c2ccc(-c3ccc(C#N)cc3)cc2)c2ccccc2NC1n1c2ccccc2c2cc3ccccc3cc21. The van der Waals surface area contributed by atoms with Crippen molar-refractivity contribution in [2.75, 3.05) is 18.9 Å². The molecule has 1 aliphatic rings. The summed E-state index contributed by atoms with van der Waals surface area (Å²) >= 11 is 0. The molecule has 1 aliphatic heterocycles. The summed E-state index contributed by atoms with van der Waals surface area (Å²) in [6.07, 6.45) is -0.0763. The molecule has 6 aromatic carbocycles. The zero-order valence-corrected chi connectivity index (χ0v) is 23.9. The molecular formula is C39H30N4. The maximum atomic E-state index is 9.17. The van der Waals surface area contributed by atoms with Gasteiger partial charge in [-0.1, -0.05) is 97.1 Å². The fourth-order valence-electron chi connectivity index (χ4n) is 6.81. The molecule has 2 unspecified atom stereocenters. The van der Waals surface area contributed by atoms with Crippen LogP contribution >= 0.6 is 0 Å². The number of likely N-dealkylation sites (N-methyl/N-ethyl adjacent to an activating group) is 1. The van der Waals surface area contributed by atoms with E-state index in [0.717, 1.165) is 23.4 Å². The zero-order valence-electron chi connectivity index (χ0n) is 23.9. The van der Waals surface area contributed by atoms with Crippen LogP contribution in [0.4, 0.5) is 5.69 Å². The maximum Gasteiger partial charge on any atom is 0.162 e. The number of rotatable bonds is 3. The van der Waals surface area contributed by atoms with Crippen molar-refractivity contribution in [3.63, 3.8) is 0 Å². The Morgan fingerprint density at radius 3 is 2.09 bits per heavy atom. The van der Waals surface area contributed by atoms with E-state index in [1.165, 1.54) is 43.7 Å². The summed E-state index contributed by atoms with van der Waals surface area (Å²) in [5.41, 5.74) is 9.14. The van der Waals surface area contributed by atoms with Crippen molar-refractivity contribution >= 4 is 38.3 Å². The fraction of sp³-hybridized carbons (Fsp3) is 0.103. The first-order valence-corrected chi connectivity index (χ1v) is 14.8. The molecule has 2 atom stereocenters. The second-order valence-corrected chi connectivity index (χ2v) is 11.5. The topological polar surface area (TPSA) is 44.0 Å². The molecule has 0 radical (unpaired) electrons. The van der Waals surface area contributed by atoms with Crippen LogP contribution < -0.4 is 5.32 Å². The van der Waals surface area contributed by atoms with Gasteiger partial charge < -0.3 is 9.88 Å². The van der Waals surface area contributed by atoms with Crippen LogP contribution in [0.2, 0.25) is 0 Å². The van der Waals surface area contributed by atoms with Crippen LogP contribution in [0.5, 0.6) is 0 Å². The van der Waals surface area contributed by atoms with Crippen LogP contribution in [0.1, 0.15) is 28.9 Å². The Balaban J connectivity index is 1.23. The largest absolute Gasteiger partial charge is 0.352 e. The van der Waals surface area contributed by atoms with Crippen LogP contribution in [-0.4, -0.2) is 23.1 Å². The van der Waals surface area contributed by atoms with Crippen LogP contribution in [0, 0.1) is 11.3 Å². The van der Waals surface area contributed by atoms with E-state index in [9.17, 15) is 0 Å². The average Bonchev–Trinajstić information content (AvgIpc) is 3.29. The number of nitrogens with zero attached hydrogens (tertiary/aromatic N) is 3. The molecule has 1 aromatic heterocycles. The third kappa shape index (κ3) is 4.25. The number of benzene rings is 6. The lowest BCUT2D eigenvalue weighted by Gasteiger charge is -2.31. The van der Waals surface area contributed by atoms with Gasteiger partial charge in [0.2, 0.25) is 0 Å². The van der Waals surface area contributed by atoms with Crippen LogP contribution in [-0.2, 0) is 0 Å². The van der Waals surface area contributed by atoms with Crippen LogP contribution in [0.3, 0.4) is 0 Å². The first kappa shape index (κ1) is 25.3. The van der Waals surface area contributed by atoms with E-state index in [4.69, 9.17) is 5.26 Å². The summed E-state index contributed by atoms with van der Waals surface area (Å²) < 4.78 is 2.48. The lowest BCUT2D eigenvalue weighted by atomic mass is 9.89. The molecule has 4 heteroatoms. The lowest BCUT2D eigenvalue weighted by molar-refractivity contribution is 0.211. The predicted molar refractivity (Wildman–Crippen MR) is 177 cm³/mol. The van der Waals surface area contributed by atoms with Crippen LogP contribution in [0.25, 0.3) is 43.7 Å². The summed E-state index contributed by atoms with van der Waals surface area (Å²) in [6.45, 7) is 0.854. The molecule has 7 aromatic rings. The lowest BCUT2D eigenvalue weighted by Crippen LogP contribution is -2.35. The summed E-state index contributed by atoms with van der Waals surface area (Å²) in [5, 5.41) is 18.2. The molecule has 0 amide bonds. The molecule has 0 saturated heterocycles. The van der Waals surface area contributed by atoms with Crippen molar-refractivity contribution in [2.24, 2.45) is 0 Å². The molecule has 0 bridgehead atoms. The van der Waals surface area contributed by atoms with E-state index in [1.807, 2.05) is 24.3 Å². The van der Waals surface area contributed by atoms with Gasteiger partial charge in [-0.05, 0) is 76.5 Å². The van der Waals surface area contributed by atoms with Gasteiger partial charge in [0, 0.05) is 28.9 Å². The highest BCUT2D eigenvalue weighted by molar-refractivity contribution is 6.12. The van der Waals surface area contributed by atoms with E-state index >= 15 is 0 Å². The smallest absolute Gasteiger partial charge is 0.162 e. The maximum absolute atomic E-state index is 9.17. The Morgan fingerprint density at radius 2 is 1.33 bits per heavy atom. The highest BCUT2D eigenvalue weighted by Gasteiger charge is 2.30. The van der Waals surface area contributed by atoms with Gasteiger partial charge in [-0.3, -0.25) is 4.90 Å². The third-order valence-corrected chi connectivity index (χ3v) is 8.99. The number of hydrogen-bond donors (Lipinski definition) is 1. The van der Waals surface area contributed by atoms with E-state index in [0.29, 0.717) is 5.56 Å². The molecular weight excluding hydrogens is 524 g/mol. The van der Waals surface area contributed by atoms with Gasteiger partial charge in [-0.2, -0.15) is 5.26 Å². The van der Waals surface area contributed by atoms with Crippen molar-refractivity contribution < 1.29 is 0 Å². The minimum Gasteiger partial charge on any atom is -0.352 e. The molecule has 0 fully saturated rings. The number of nitrogens with one attached hydrogen (secondary N) is 1. The molecule has 4 nitrogen and oxygen atoms in total. The number of aromatic nitrogens is 1. The summed E-state index contributed by atoms with van der Waals surface area (Å²) in [4.78, 5) is 2.44. The standard InChI is InChI=1S/C39H30N4/c1-42-25-35(29-20-18-28(19-21-29)27-16-14-26(24-40)15-17-27)32-10-4-6-12-36(32)41-39(42)43-37-13-7-5-11-33(37)34-22-30-8-2-3-9-31(30)23-38(34)43/h2-23,35,39,41H,25H2,1H3. The zero-order chi connectivity index (χ0) is 28.9. The number of para-hydroxylation sites is 2. The van der Waals surface area contributed by atoms with Crippen molar-refractivity contribution in [3.05, 3.63) is 150 Å². The monoisotopic (exact) mass is 554 g/mol. The molecule has 2 heterocycles. The Morgan fingerprint density at radius 1 is 0.674 bits per heavy atom. The quantitative estimate of drug-likeness (QED) is 0.237. The molecule has 0 spiro atoms. The van der Waals surface area contributed by atoms with Crippen molar-refractivity contribution in [1.82, 2.24) is 9.47 Å². The predicted octanol–water partition coefficient (Wildman–Crippen LogP) is 9.13. The van der Waals surface area contributed by atoms with Gasteiger partial charge in [0.25, 0.3) is 0 Å². The molecule has 1 N–H and O–H groups in total. The van der Waals surface area contributed by atoms with E-state index < -0.39 is 0 Å². The molecule has 0 aliphatic carbocycles. The van der Waals surface area contributed by atoms with E-state index in [2.05, 4.69) is 137 Å². The van der Waals surface area contributed by atoms with Crippen molar-refractivity contribution in [1.29, 1.82) is 5.26 Å². The van der Waals surface area contributed by atoms with E-state index in [1.54, 1.807) is 0 Å². The summed E-state index contributed by atoms with van der Waals surface area (Å²) in [6, 6.07) is 49.7. The van der Waals surface area contributed by atoms with Gasteiger partial charge in [-0.15, -0.1) is 0 Å². The number of fused-ring (bicyclic) bond motifs is 5. The highest BCUT2D eigenvalue weighted by Crippen LogP contribution is 2.41. The van der Waals surface area contributed by atoms with Crippen LogP contribution in [0.15, 0.2) is 133 Å². The third-order valence-electron chi connectivity index (χ3n) is 8.99. The van der Waals surface area contributed by atoms with Crippen molar-refractivity contribution in [2.45, 2.75) is 12.2 Å². The number of nitriles is 1. The molecule has 206 valence electrons. The number of hydrogen-bond acceptors (Lipinski definition) is 3. The average molecular weight is 555 g/mol. The van der Waals surface area contributed by atoms with Gasteiger partial charge >= 0.3 is 0 Å². The molecule has 0 saturated carbocycles. The van der Waals surface area contributed by atoms with E-state index in [-0.39, 0.29) is 12.2 Å². The normalized spacial score (nSPS) is 16.9. The second kappa shape index (κ2) is 10.2. The first-order valence-electron chi connectivity index (χ1n) is 14.8. The summed E-state index contributed by atoms with van der Waals surface area (Å²) in [7, 11) is 2.23. The Labute approximate surface area is 251 Å². The molecule has 8 rings (SSSR count). The summed E-state index contributed by atoms with van der Waals surface area (Å²) in [5.74, 6) is 0.197. The number of anilines is 1. The minimum absolute atomic E-state index is 0.0763. The molecule has 43 heavy (non-hydrogen) atoms.